The van der Waals surface area contributed by atoms with Gasteiger partial charge in [-0.15, -0.1) is 0 Å². The first-order chi connectivity index (χ1) is 12.2. The highest BCUT2D eigenvalue weighted by molar-refractivity contribution is 6.15. The molecular formula is C22H16O3. The zero-order chi connectivity index (χ0) is 17.2. The largest absolute Gasteiger partial charge is 0.504 e. The van der Waals surface area contributed by atoms with Crippen molar-refractivity contribution in [2.45, 2.75) is 6.10 Å². The molecule has 1 heterocycles. The smallest absolute Gasteiger partial charge is 0.196 e. The van der Waals surface area contributed by atoms with Crippen molar-refractivity contribution in [3.63, 3.8) is 0 Å². The second-order valence-electron chi connectivity index (χ2n) is 5.90. The van der Waals surface area contributed by atoms with Crippen LogP contribution in [0.5, 0.6) is 11.5 Å². The molecule has 3 aromatic rings. The summed E-state index contributed by atoms with van der Waals surface area (Å²) in [5, 5.41) is 10.1. The van der Waals surface area contributed by atoms with Gasteiger partial charge in [0, 0.05) is 5.57 Å². The third-order valence-electron chi connectivity index (χ3n) is 4.24. The number of ketones is 1. The molecule has 1 aliphatic heterocycles. The van der Waals surface area contributed by atoms with Crippen LogP contribution in [0.3, 0.4) is 0 Å². The van der Waals surface area contributed by atoms with Gasteiger partial charge in [0.05, 0.1) is 5.56 Å². The monoisotopic (exact) mass is 328 g/mol. The van der Waals surface area contributed by atoms with Crippen molar-refractivity contribution in [2.24, 2.45) is 0 Å². The second kappa shape index (κ2) is 6.29. The minimum absolute atomic E-state index is 0.0226. The molecule has 0 bridgehead atoms. The van der Waals surface area contributed by atoms with Crippen LogP contribution in [-0.2, 0) is 0 Å². The number of aromatic hydroxyl groups is 1. The number of benzene rings is 3. The van der Waals surface area contributed by atoms with E-state index in [1.807, 2.05) is 66.7 Å². The van der Waals surface area contributed by atoms with Crippen molar-refractivity contribution in [1.29, 1.82) is 0 Å². The number of hydrogen-bond acceptors (Lipinski definition) is 3. The number of ether oxygens (including phenoxy) is 1. The van der Waals surface area contributed by atoms with Crippen LogP contribution >= 0.6 is 0 Å². The summed E-state index contributed by atoms with van der Waals surface area (Å²) in [5.41, 5.74) is 2.73. The molecule has 0 spiro atoms. The number of carbonyl (C=O) groups is 1. The lowest BCUT2D eigenvalue weighted by Gasteiger charge is -2.28. The topological polar surface area (TPSA) is 46.5 Å². The van der Waals surface area contributed by atoms with E-state index in [2.05, 4.69) is 0 Å². The lowest BCUT2D eigenvalue weighted by Crippen LogP contribution is -2.23. The third kappa shape index (κ3) is 2.81. The number of phenols is 1. The summed E-state index contributed by atoms with van der Waals surface area (Å²) in [6, 6.07) is 24.1. The van der Waals surface area contributed by atoms with E-state index in [1.54, 1.807) is 12.1 Å². The Bertz CT molecular complexity index is 944. The minimum Gasteiger partial charge on any atom is -0.504 e. The number of phenolic OH excluding ortho intramolecular Hbond substituents is 1. The molecule has 3 nitrogen and oxygen atoms in total. The summed E-state index contributed by atoms with van der Waals surface area (Å²) in [4.78, 5) is 13.1. The van der Waals surface area contributed by atoms with Crippen LogP contribution in [0.4, 0.5) is 0 Å². The van der Waals surface area contributed by atoms with E-state index in [4.69, 9.17) is 4.74 Å². The fourth-order valence-electron chi connectivity index (χ4n) is 3.03. The van der Waals surface area contributed by atoms with Crippen molar-refractivity contribution in [2.75, 3.05) is 0 Å². The van der Waals surface area contributed by atoms with Gasteiger partial charge in [0.2, 0.25) is 0 Å². The van der Waals surface area contributed by atoms with E-state index in [1.165, 1.54) is 6.07 Å². The Morgan fingerprint density at radius 2 is 1.52 bits per heavy atom. The Balaban J connectivity index is 1.89. The quantitative estimate of drug-likeness (QED) is 0.688. The summed E-state index contributed by atoms with van der Waals surface area (Å²) < 4.78 is 6.06. The van der Waals surface area contributed by atoms with Gasteiger partial charge in [0.1, 0.15) is 0 Å². The molecule has 1 N–H and O–H groups in total. The van der Waals surface area contributed by atoms with E-state index < -0.39 is 6.10 Å². The molecule has 0 saturated carbocycles. The van der Waals surface area contributed by atoms with Gasteiger partial charge in [-0.1, -0.05) is 66.7 Å². The van der Waals surface area contributed by atoms with E-state index in [9.17, 15) is 9.90 Å². The molecule has 4 rings (SSSR count). The van der Waals surface area contributed by atoms with Gasteiger partial charge in [-0.3, -0.25) is 4.79 Å². The highest BCUT2D eigenvalue weighted by Gasteiger charge is 2.34. The molecule has 0 radical (unpaired) electrons. The van der Waals surface area contributed by atoms with Crippen LogP contribution in [0.25, 0.3) is 6.08 Å². The standard InChI is InChI=1S/C22H16O3/c23-19-13-7-12-17-20(24)18(14-15-8-3-1-4-9-15)21(25-22(17)19)16-10-5-2-6-11-16/h1-14,21,23H. The first-order valence-corrected chi connectivity index (χ1v) is 8.09. The Hall–Kier alpha value is -3.33. The number of carbonyl (C=O) groups excluding carboxylic acids is 1. The summed E-state index contributed by atoms with van der Waals surface area (Å²) in [5.74, 6) is 0.0898. The lowest BCUT2D eigenvalue weighted by molar-refractivity contribution is 0.0959. The zero-order valence-electron chi connectivity index (χ0n) is 13.4. The van der Waals surface area contributed by atoms with Gasteiger partial charge in [0.15, 0.2) is 23.4 Å². The summed E-state index contributed by atoms with van der Waals surface area (Å²) >= 11 is 0. The average molecular weight is 328 g/mol. The number of rotatable bonds is 2. The molecule has 1 atom stereocenters. The van der Waals surface area contributed by atoms with Gasteiger partial charge in [-0.05, 0) is 29.3 Å². The highest BCUT2D eigenvalue weighted by Crippen LogP contribution is 2.43. The predicted octanol–water partition coefficient (Wildman–Crippen LogP) is 4.79. The van der Waals surface area contributed by atoms with Crippen molar-refractivity contribution in [3.8, 4) is 11.5 Å². The molecule has 25 heavy (non-hydrogen) atoms. The molecule has 0 aromatic heterocycles. The van der Waals surface area contributed by atoms with E-state index >= 15 is 0 Å². The SMILES string of the molecule is O=C1C(=Cc2ccccc2)C(c2ccccc2)Oc2c(O)cccc21. The van der Waals surface area contributed by atoms with Crippen LogP contribution in [0, 0.1) is 0 Å². The number of para-hydroxylation sites is 1. The Kier molecular flexibility index (Phi) is 3.82. The number of Topliss-reactive ketones (excluding diaryl/α,β-unsaturated/α-hetero) is 1. The highest BCUT2D eigenvalue weighted by atomic mass is 16.5. The van der Waals surface area contributed by atoms with Gasteiger partial charge < -0.3 is 9.84 Å². The third-order valence-corrected chi connectivity index (χ3v) is 4.24. The van der Waals surface area contributed by atoms with Crippen LogP contribution < -0.4 is 4.74 Å². The zero-order valence-corrected chi connectivity index (χ0v) is 13.4. The second-order valence-corrected chi connectivity index (χ2v) is 5.90. The first-order valence-electron chi connectivity index (χ1n) is 8.09. The van der Waals surface area contributed by atoms with Crippen molar-refractivity contribution < 1.29 is 14.6 Å². The molecule has 122 valence electrons. The van der Waals surface area contributed by atoms with Crippen LogP contribution in [0.2, 0.25) is 0 Å². The van der Waals surface area contributed by atoms with Crippen LogP contribution in [0.1, 0.15) is 27.6 Å². The van der Waals surface area contributed by atoms with Crippen molar-refractivity contribution in [3.05, 3.63) is 101 Å². The Labute approximate surface area is 145 Å². The molecule has 3 heteroatoms. The summed E-state index contributed by atoms with van der Waals surface area (Å²) in [6.45, 7) is 0. The average Bonchev–Trinajstić information content (AvgIpc) is 2.66. The Morgan fingerprint density at radius 3 is 2.24 bits per heavy atom. The molecule has 0 aliphatic carbocycles. The van der Waals surface area contributed by atoms with Gasteiger partial charge in [-0.25, -0.2) is 0 Å². The lowest BCUT2D eigenvalue weighted by atomic mass is 9.89. The van der Waals surface area contributed by atoms with Gasteiger partial charge >= 0.3 is 0 Å². The fourth-order valence-corrected chi connectivity index (χ4v) is 3.03. The maximum Gasteiger partial charge on any atom is 0.196 e. The summed E-state index contributed by atoms with van der Waals surface area (Å²) in [6.07, 6.45) is 1.29. The number of hydrogen-bond donors (Lipinski definition) is 1. The Morgan fingerprint density at radius 1 is 0.840 bits per heavy atom. The maximum absolute atomic E-state index is 13.1. The molecule has 1 unspecified atom stereocenters. The molecule has 0 amide bonds. The maximum atomic E-state index is 13.1. The van der Waals surface area contributed by atoms with Crippen molar-refractivity contribution in [1.82, 2.24) is 0 Å². The van der Waals surface area contributed by atoms with E-state index in [-0.39, 0.29) is 17.3 Å². The molecule has 1 aliphatic rings. The van der Waals surface area contributed by atoms with Crippen molar-refractivity contribution >= 4 is 11.9 Å². The molecule has 0 fully saturated rings. The predicted molar refractivity (Wildman–Crippen MR) is 96.7 cm³/mol. The van der Waals surface area contributed by atoms with Gasteiger partial charge in [-0.2, -0.15) is 0 Å². The van der Waals surface area contributed by atoms with Gasteiger partial charge in [0.25, 0.3) is 0 Å². The fraction of sp³-hybridized carbons (Fsp3) is 0.0455. The van der Waals surface area contributed by atoms with Crippen LogP contribution in [0.15, 0.2) is 84.4 Å². The molecule has 3 aromatic carbocycles. The van der Waals surface area contributed by atoms with E-state index in [0.717, 1.165) is 11.1 Å². The number of fused-ring (bicyclic) bond motifs is 1. The van der Waals surface area contributed by atoms with E-state index in [0.29, 0.717) is 11.1 Å². The normalized spacial score (nSPS) is 17.8. The molecule has 0 saturated heterocycles. The summed E-state index contributed by atoms with van der Waals surface area (Å²) in [7, 11) is 0. The van der Waals surface area contributed by atoms with Crippen LogP contribution in [-0.4, -0.2) is 10.9 Å². The minimum atomic E-state index is -0.560. The first kappa shape index (κ1) is 15.2. The molecular weight excluding hydrogens is 312 g/mol.